The van der Waals surface area contributed by atoms with Crippen molar-refractivity contribution in [3.63, 3.8) is 0 Å². The topological polar surface area (TPSA) is 94.5 Å². The second kappa shape index (κ2) is 11.6. The molecule has 0 radical (unpaired) electrons. The van der Waals surface area contributed by atoms with E-state index in [9.17, 15) is 14.7 Å². The fourth-order valence-corrected chi connectivity index (χ4v) is 4.80. The second-order valence-electron chi connectivity index (χ2n) is 8.55. The summed E-state index contributed by atoms with van der Waals surface area (Å²) in [6.45, 7) is 0.197. The third-order valence-electron chi connectivity index (χ3n) is 6.48. The van der Waals surface area contributed by atoms with Crippen LogP contribution in [0.3, 0.4) is 0 Å². The first-order chi connectivity index (χ1) is 18.3. The summed E-state index contributed by atoms with van der Waals surface area (Å²) in [5, 5.41) is 11.3. The van der Waals surface area contributed by atoms with Crippen LogP contribution in [0.25, 0.3) is 5.76 Å². The second-order valence-corrected chi connectivity index (χ2v) is 9.46. The van der Waals surface area contributed by atoms with E-state index in [4.69, 9.17) is 18.9 Å². The Morgan fingerprint density at radius 1 is 0.842 bits per heavy atom. The largest absolute Gasteiger partial charge is 0.507 e. The van der Waals surface area contributed by atoms with Gasteiger partial charge in [-0.2, -0.15) is 0 Å². The summed E-state index contributed by atoms with van der Waals surface area (Å²) >= 11 is 3.38. The van der Waals surface area contributed by atoms with Crippen LogP contribution in [-0.2, 0) is 16.0 Å². The number of carbonyl (C=O) groups excluding carboxylic acids is 2. The van der Waals surface area contributed by atoms with E-state index in [0.717, 1.165) is 10.0 Å². The van der Waals surface area contributed by atoms with Crippen molar-refractivity contribution in [2.24, 2.45) is 0 Å². The van der Waals surface area contributed by atoms with Gasteiger partial charge in [0.1, 0.15) is 17.3 Å². The van der Waals surface area contributed by atoms with Gasteiger partial charge in [0.2, 0.25) is 0 Å². The number of amides is 1. The predicted octanol–water partition coefficient (Wildman–Crippen LogP) is 5.15. The van der Waals surface area contributed by atoms with E-state index in [0.29, 0.717) is 40.5 Å². The molecule has 198 valence electrons. The fraction of sp³-hybridized carbons (Fsp3) is 0.241. The van der Waals surface area contributed by atoms with Crippen LogP contribution < -0.4 is 18.9 Å². The first kappa shape index (κ1) is 27.1. The Bertz CT molecular complexity index is 1380. The molecular weight excluding hydrogens is 554 g/mol. The van der Waals surface area contributed by atoms with Crippen molar-refractivity contribution in [1.29, 1.82) is 0 Å². The lowest BCUT2D eigenvalue weighted by atomic mass is 9.94. The highest BCUT2D eigenvalue weighted by Crippen LogP contribution is 2.44. The minimum atomic E-state index is -0.899. The average Bonchev–Trinajstić information content (AvgIpc) is 3.20. The number of benzene rings is 3. The number of hydrogen-bond acceptors (Lipinski definition) is 7. The highest BCUT2D eigenvalue weighted by molar-refractivity contribution is 9.10. The molecule has 0 aromatic heterocycles. The molecule has 9 heteroatoms. The molecule has 0 unspecified atom stereocenters. The minimum absolute atomic E-state index is 0.0174. The summed E-state index contributed by atoms with van der Waals surface area (Å²) in [5.74, 6) is 0.386. The van der Waals surface area contributed by atoms with Gasteiger partial charge < -0.3 is 29.0 Å². The number of carbonyl (C=O) groups is 2. The highest BCUT2D eigenvalue weighted by atomic mass is 79.9. The summed E-state index contributed by atoms with van der Waals surface area (Å²) in [5.41, 5.74) is 1.81. The first-order valence-corrected chi connectivity index (χ1v) is 12.6. The van der Waals surface area contributed by atoms with Crippen molar-refractivity contribution >= 4 is 33.4 Å². The quantitative estimate of drug-likeness (QED) is 0.212. The van der Waals surface area contributed by atoms with Crippen molar-refractivity contribution in [2.75, 3.05) is 35.0 Å². The molecule has 1 aliphatic heterocycles. The standard InChI is InChI=1S/C29H28BrNO7/c1-35-20-10-12-22(36-2)21(16-20)26-25(27(32)18-6-8-19(30)9-7-18)28(33)29(34)31(26)14-13-17-5-11-23(37-3)24(15-17)38-4/h5-12,15-16,26,32H,13-14H2,1-4H3/t26-/m0/s1. The average molecular weight is 582 g/mol. The van der Waals surface area contributed by atoms with E-state index < -0.39 is 17.7 Å². The molecular formula is C29H28BrNO7. The lowest BCUT2D eigenvalue weighted by molar-refractivity contribution is -0.139. The molecule has 0 spiro atoms. The summed E-state index contributed by atoms with van der Waals surface area (Å²) < 4.78 is 22.6. The van der Waals surface area contributed by atoms with Crippen LogP contribution >= 0.6 is 15.9 Å². The summed E-state index contributed by atoms with van der Waals surface area (Å²) in [6, 6.07) is 16.6. The molecule has 0 saturated carbocycles. The maximum absolute atomic E-state index is 13.4. The molecule has 3 aromatic rings. The van der Waals surface area contributed by atoms with E-state index >= 15 is 0 Å². The van der Waals surface area contributed by atoms with Gasteiger partial charge in [-0.25, -0.2) is 0 Å². The van der Waals surface area contributed by atoms with Gasteiger partial charge in [-0.05, 0) is 54.4 Å². The number of hydrogen-bond donors (Lipinski definition) is 1. The van der Waals surface area contributed by atoms with Gasteiger partial charge in [0.05, 0.1) is 40.1 Å². The van der Waals surface area contributed by atoms with E-state index in [1.54, 1.807) is 62.8 Å². The normalized spacial score (nSPS) is 16.4. The molecule has 1 N–H and O–H groups in total. The number of aliphatic hydroxyl groups is 1. The number of methoxy groups -OCH3 is 4. The van der Waals surface area contributed by atoms with Crippen molar-refractivity contribution in [2.45, 2.75) is 12.5 Å². The van der Waals surface area contributed by atoms with Crippen molar-refractivity contribution in [3.8, 4) is 23.0 Å². The van der Waals surface area contributed by atoms with Gasteiger partial charge >= 0.3 is 0 Å². The van der Waals surface area contributed by atoms with Gasteiger partial charge in [-0.3, -0.25) is 9.59 Å². The molecule has 1 fully saturated rings. The molecule has 1 atom stereocenters. The van der Waals surface area contributed by atoms with E-state index in [2.05, 4.69) is 15.9 Å². The van der Waals surface area contributed by atoms with Crippen molar-refractivity contribution < 1.29 is 33.6 Å². The van der Waals surface area contributed by atoms with E-state index in [1.807, 2.05) is 12.1 Å². The molecule has 0 bridgehead atoms. The maximum Gasteiger partial charge on any atom is 0.295 e. The van der Waals surface area contributed by atoms with Crippen molar-refractivity contribution in [1.82, 2.24) is 4.90 Å². The number of ether oxygens (including phenoxy) is 4. The summed E-state index contributed by atoms with van der Waals surface area (Å²) in [7, 11) is 6.15. The maximum atomic E-state index is 13.4. The molecule has 4 rings (SSSR count). The van der Waals surface area contributed by atoms with Gasteiger partial charge in [0.25, 0.3) is 11.7 Å². The monoisotopic (exact) mass is 581 g/mol. The molecule has 3 aromatic carbocycles. The number of Topliss-reactive ketones (excluding diaryl/α,β-unsaturated/α-hetero) is 1. The zero-order valence-corrected chi connectivity index (χ0v) is 23.1. The Kier molecular flexibility index (Phi) is 8.26. The Morgan fingerprint density at radius 2 is 1.50 bits per heavy atom. The SMILES string of the molecule is COc1ccc(OC)c([C@H]2C(=C(O)c3ccc(Br)cc3)C(=O)C(=O)N2CCc2ccc(OC)c(OC)c2)c1. The number of aliphatic hydroxyl groups excluding tert-OH is 1. The predicted molar refractivity (Wildman–Crippen MR) is 146 cm³/mol. The number of rotatable bonds is 9. The van der Waals surface area contributed by atoms with Crippen LogP contribution in [0.2, 0.25) is 0 Å². The van der Waals surface area contributed by atoms with Crippen LogP contribution in [0.4, 0.5) is 0 Å². The third-order valence-corrected chi connectivity index (χ3v) is 7.01. The highest BCUT2D eigenvalue weighted by Gasteiger charge is 2.47. The van der Waals surface area contributed by atoms with Crippen LogP contribution in [0.15, 0.2) is 70.7 Å². The van der Waals surface area contributed by atoms with Crippen LogP contribution in [0.5, 0.6) is 23.0 Å². The smallest absolute Gasteiger partial charge is 0.295 e. The van der Waals surface area contributed by atoms with Gasteiger partial charge in [0.15, 0.2) is 11.5 Å². The van der Waals surface area contributed by atoms with Gasteiger partial charge in [-0.15, -0.1) is 0 Å². The van der Waals surface area contributed by atoms with E-state index in [1.165, 1.54) is 19.1 Å². The lowest BCUT2D eigenvalue weighted by Gasteiger charge is -2.27. The molecule has 8 nitrogen and oxygen atoms in total. The first-order valence-electron chi connectivity index (χ1n) is 11.8. The number of halogens is 1. The third kappa shape index (κ3) is 5.19. The van der Waals surface area contributed by atoms with Gasteiger partial charge in [-0.1, -0.05) is 34.1 Å². The summed E-state index contributed by atoms with van der Waals surface area (Å²) in [4.78, 5) is 28.3. The zero-order valence-electron chi connectivity index (χ0n) is 21.5. The van der Waals surface area contributed by atoms with E-state index in [-0.39, 0.29) is 17.9 Å². The summed E-state index contributed by atoms with van der Waals surface area (Å²) in [6.07, 6.45) is 0.425. The number of likely N-dealkylation sites (tertiary alicyclic amines) is 1. The molecule has 1 amide bonds. The fourth-order valence-electron chi connectivity index (χ4n) is 4.54. The molecule has 1 heterocycles. The molecule has 1 saturated heterocycles. The zero-order chi connectivity index (χ0) is 27.4. The Hall–Kier alpha value is -3.98. The lowest BCUT2D eigenvalue weighted by Crippen LogP contribution is -2.32. The van der Waals surface area contributed by atoms with Crippen LogP contribution in [0, 0.1) is 0 Å². The molecule has 38 heavy (non-hydrogen) atoms. The Balaban J connectivity index is 1.82. The number of ketones is 1. The Labute approximate surface area is 229 Å². The molecule has 1 aliphatic rings. The van der Waals surface area contributed by atoms with Crippen molar-refractivity contribution in [3.05, 3.63) is 87.4 Å². The van der Waals surface area contributed by atoms with Crippen LogP contribution in [-0.4, -0.2) is 56.7 Å². The van der Waals surface area contributed by atoms with Crippen LogP contribution in [0.1, 0.15) is 22.7 Å². The molecule has 0 aliphatic carbocycles. The minimum Gasteiger partial charge on any atom is -0.507 e. The number of nitrogens with zero attached hydrogens (tertiary/aromatic N) is 1. The van der Waals surface area contributed by atoms with Gasteiger partial charge in [0, 0.05) is 22.1 Å². The Morgan fingerprint density at radius 3 is 2.13 bits per heavy atom.